The van der Waals surface area contributed by atoms with E-state index in [0.717, 1.165) is 34.7 Å². The molecule has 0 saturated carbocycles. The van der Waals surface area contributed by atoms with Crippen molar-refractivity contribution in [1.29, 1.82) is 0 Å². The second-order valence-corrected chi connectivity index (χ2v) is 8.47. The van der Waals surface area contributed by atoms with Gasteiger partial charge in [0.15, 0.2) is 5.96 Å². The van der Waals surface area contributed by atoms with Gasteiger partial charge in [-0.3, -0.25) is 4.99 Å². The summed E-state index contributed by atoms with van der Waals surface area (Å²) in [6.45, 7) is 7.94. The Morgan fingerprint density at radius 3 is 2.73 bits per heavy atom. The number of rotatable bonds is 8. The largest absolute Gasteiger partial charge is 0.496 e. The third-order valence-corrected chi connectivity index (χ3v) is 6.37. The van der Waals surface area contributed by atoms with Gasteiger partial charge in [-0.2, -0.15) is 0 Å². The second kappa shape index (κ2) is 10.4. The normalized spacial score (nSPS) is 12.7. The first-order valence-electron chi connectivity index (χ1n) is 8.66. The Balaban J connectivity index is 1.75. The third-order valence-electron chi connectivity index (χ3n) is 3.91. The highest BCUT2D eigenvalue weighted by atomic mass is 32.2. The van der Waals surface area contributed by atoms with Gasteiger partial charge < -0.3 is 15.4 Å². The number of hydrogen-bond donors (Lipinski definition) is 2. The summed E-state index contributed by atoms with van der Waals surface area (Å²) in [4.78, 5) is 11.3. The maximum Gasteiger partial charge on any atom is 0.191 e. The van der Waals surface area contributed by atoms with Crippen molar-refractivity contribution in [2.45, 2.75) is 32.2 Å². The van der Waals surface area contributed by atoms with Gasteiger partial charge in [0.05, 0.1) is 19.3 Å². The van der Waals surface area contributed by atoms with Crippen molar-refractivity contribution in [3.63, 3.8) is 0 Å². The van der Waals surface area contributed by atoms with E-state index < -0.39 is 0 Å². The second-order valence-electron chi connectivity index (χ2n) is 6.12. The summed E-state index contributed by atoms with van der Waals surface area (Å²) in [6.07, 6.45) is 0. The van der Waals surface area contributed by atoms with E-state index in [1.807, 2.05) is 36.9 Å². The summed E-state index contributed by atoms with van der Waals surface area (Å²) in [6, 6.07) is 8.14. The number of ether oxygens (including phenoxy) is 1. The molecule has 5 nitrogen and oxygen atoms in total. The summed E-state index contributed by atoms with van der Waals surface area (Å²) in [7, 11) is 3.51. The number of nitrogens with one attached hydrogen (secondary N) is 2. The van der Waals surface area contributed by atoms with Crippen LogP contribution in [0.15, 0.2) is 34.2 Å². The van der Waals surface area contributed by atoms with E-state index in [-0.39, 0.29) is 0 Å². The molecule has 0 fully saturated rings. The fraction of sp³-hybridized carbons (Fsp3) is 0.474. The monoisotopic (exact) mass is 392 g/mol. The van der Waals surface area contributed by atoms with Gasteiger partial charge in [0.25, 0.3) is 0 Å². The van der Waals surface area contributed by atoms with Crippen LogP contribution in [-0.4, -0.2) is 37.4 Å². The number of aryl methyl sites for hydroxylation is 2. The van der Waals surface area contributed by atoms with Crippen molar-refractivity contribution >= 4 is 29.1 Å². The van der Waals surface area contributed by atoms with E-state index in [1.54, 1.807) is 25.5 Å². The van der Waals surface area contributed by atoms with E-state index in [9.17, 15) is 0 Å². The average Bonchev–Trinajstić information content (AvgIpc) is 2.98. The molecule has 0 aliphatic rings. The molecule has 1 atom stereocenters. The number of aliphatic imine (C=N–C) groups is 1. The molecule has 0 bridgehead atoms. The maximum atomic E-state index is 5.41. The number of aromatic nitrogens is 1. The molecule has 26 heavy (non-hydrogen) atoms. The molecule has 0 aliphatic carbocycles. The highest BCUT2D eigenvalue weighted by molar-refractivity contribution is 7.99. The Kier molecular flexibility index (Phi) is 8.25. The van der Waals surface area contributed by atoms with Gasteiger partial charge in [0.2, 0.25) is 0 Å². The van der Waals surface area contributed by atoms with E-state index >= 15 is 0 Å². The van der Waals surface area contributed by atoms with Crippen molar-refractivity contribution in [1.82, 2.24) is 15.6 Å². The number of nitrogens with zero attached hydrogens (tertiary/aromatic N) is 2. The standard InChI is InChI=1S/C19H28N4OS2/c1-13(12-25-17-9-7-6-8-16(17)24-5)10-21-19(20-4)22-11-18-23-14(2)15(3)26-18/h6-9,13H,10-12H2,1-5H3,(H2,20,21,22). The summed E-state index contributed by atoms with van der Waals surface area (Å²) in [5.41, 5.74) is 1.11. The highest BCUT2D eigenvalue weighted by Gasteiger charge is 2.09. The molecule has 1 heterocycles. The van der Waals surface area contributed by atoms with Crippen LogP contribution in [0, 0.1) is 19.8 Å². The number of para-hydroxylation sites is 1. The Bertz CT molecular complexity index is 711. The first-order valence-corrected chi connectivity index (χ1v) is 10.5. The molecular weight excluding hydrogens is 364 g/mol. The summed E-state index contributed by atoms with van der Waals surface area (Å²) in [5, 5.41) is 7.82. The Hall–Kier alpha value is -1.73. The minimum Gasteiger partial charge on any atom is -0.496 e. The summed E-state index contributed by atoms with van der Waals surface area (Å²) in [5.74, 6) is 3.25. The minimum absolute atomic E-state index is 0.493. The van der Waals surface area contributed by atoms with Crippen LogP contribution in [0.25, 0.3) is 0 Å². The summed E-state index contributed by atoms with van der Waals surface area (Å²) < 4.78 is 5.41. The Labute approximate surface area is 164 Å². The molecule has 0 radical (unpaired) electrons. The number of guanidine groups is 1. The molecule has 0 amide bonds. The fourth-order valence-corrected chi connectivity index (χ4v) is 4.22. The van der Waals surface area contributed by atoms with Crippen LogP contribution in [0.1, 0.15) is 22.5 Å². The van der Waals surface area contributed by atoms with Crippen LogP contribution in [-0.2, 0) is 6.54 Å². The smallest absolute Gasteiger partial charge is 0.191 e. The van der Waals surface area contributed by atoms with Gasteiger partial charge in [0, 0.05) is 29.1 Å². The molecular formula is C19H28N4OS2. The topological polar surface area (TPSA) is 58.5 Å². The molecule has 142 valence electrons. The van der Waals surface area contributed by atoms with Gasteiger partial charge in [-0.05, 0) is 31.9 Å². The highest BCUT2D eigenvalue weighted by Crippen LogP contribution is 2.29. The molecule has 1 unspecified atom stereocenters. The lowest BCUT2D eigenvalue weighted by molar-refractivity contribution is 0.405. The zero-order valence-corrected chi connectivity index (χ0v) is 17.8. The summed E-state index contributed by atoms with van der Waals surface area (Å²) >= 11 is 3.55. The number of hydrogen-bond acceptors (Lipinski definition) is 5. The van der Waals surface area contributed by atoms with Gasteiger partial charge in [-0.1, -0.05) is 19.1 Å². The molecule has 2 aromatic rings. The van der Waals surface area contributed by atoms with E-state index in [2.05, 4.69) is 40.5 Å². The van der Waals surface area contributed by atoms with Crippen LogP contribution in [0.3, 0.4) is 0 Å². The van der Waals surface area contributed by atoms with Crippen molar-refractivity contribution in [3.05, 3.63) is 39.8 Å². The molecule has 0 saturated heterocycles. The van der Waals surface area contributed by atoms with Crippen molar-refractivity contribution in [2.75, 3.05) is 26.5 Å². The predicted octanol–water partition coefficient (Wildman–Crippen LogP) is 3.86. The van der Waals surface area contributed by atoms with Crippen molar-refractivity contribution in [2.24, 2.45) is 10.9 Å². The fourth-order valence-electron chi connectivity index (χ4n) is 2.29. The Morgan fingerprint density at radius 1 is 1.31 bits per heavy atom. The molecule has 0 aliphatic heterocycles. The van der Waals surface area contributed by atoms with E-state index in [0.29, 0.717) is 12.5 Å². The minimum atomic E-state index is 0.493. The lowest BCUT2D eigenvalue weighted by Gasteiger charge is -2.16. The number of methoxy groups -OCH3 is 1. The van der Waals surface area contributed by atoms with Gasteiger partial charge >= 0.3 is 0 Å². The van der Waals surface area contributed by atoms with Crippen molar-refractivity contribution < 1.29 is 4.74 Å². The lowest BCUT2D eigenvalue weighted by Crippen LogP contribution is -2.39. The van der Waals surface area contributed by atoms with Crippen LogP contribution in [0.4, 0.5) is 0 Å². The predicted molar refractivity (Wildman–Crippen MR) is 113 cm³/mol. The van der Waals surface area contributed by atoms with Gasteiger partial charge in [-0.25, -0.2) is 4.98 Å². The van der Waals surface area contributed by atoms with Gasteiger partial charge in [0.1, 0.15) is 10.8 Å². The number of benzene rings is 1. The lowest BCUT2D eigenvalue weighted by atomic mass is 10.2. The SMILES string of the molecule is CN=C(NCc1nc(C)c(C)s1)NCC(C)CSc1ccccc1OC. The molecule has 1 aromatic heterocycles. The average molecular weight is 393 g/mol. The molecule has 2 N–H and O–H groups in total. The van der Waals surface area contributed by atoms with Gasteiger partial charge in [-0.15, -0.1) is 23.1 Å². The molecule has 1 aromatic carbocycles. The molecule has 7 heteroatoms. The zero-order valence-electron chi connectivity index (χ0n) is 16.1. The zero-order chi connectivity index (χ0) is 18.9. The van der Waals surface area contributed by atoms with Crippen LogP contribution < -0.4 is 15.4 Å². The van der Waals surface area contributed by atoms with E-state index in [4.69, 9.17) is 4.74 Å². The molecule has 0 spiro atoms. The quantitative estimate of drug-likeness (QED) is 0.406. The van der Waals surface area contributed by atoms with Crippen molar-refractivity contribution in [3.8, 4) is 5.75 Å². The number of thiazole rings is 1. The van der Waals surface area contributed by atoms with Crippen LogP contribution in [0.5, 0.6) is 5.75 Å². The third kappa shape index (κ3) is 6.21. The maximum absolute atomic E-state index is 5.41. The first-order chi connectivity index (χ1) is 12.5. The first kappa shape index (κ1) is 20.6. The van der Waals surface area contributed by atoms with Crippen LogP contribution in [0.2, 0.25) is 0 Å². The van der Waals surface area contributed by atoms with E-state index in [1.165, 1.54) is 9.77 Å². The Morgan fingerprint density at radius 2 is 2.08 bits per heavy atom. The molecule has 2 rings (SSSR count). The number of thioether (sulfide) groups is 1. The van der Waals surface area contributed by atoms with Crippen LogP contribution >= 0.6 is 23.1 Å².